The van der Waals surface area contributed by atoms with Crippen molar-refractivity contribution in [3.63, 3.8) is 0 Å². The zero-order valence-corrected chi connectivity index (χ0v) is 19.8. The molecule has 0 radical (unpaired) electrons. The number of nitrogens with zero attached hydrogens (tertiary/aromatic N) is 3. The molecule has 1 aromatic carbocycles. The average Bonchev–Trinajstić information content (AvgIpc) is 3.14. The summed E-state index contributed by atoms with van der Waals surface area (Å²) in [5.41, 5.74) is 4.94. The number of hydrogen-bond donors (Lipinski definition) is 1. The molecule has 2 heterocycles. The number of nitrogens with one attached hydrogen (secondary N) is 1. The van der Waals surface area contributed by atoms with Gasteiger partial charge in [0.1, 0.15) is 5.15 Å². The van der Waals surface area contributed by atoms with Crippen LogP contribution >= 0.6 is 24.0 Å². The lowest BCUT2D eigenvalue weighted by molar-refractivity contribution is 0.591. The molecule has 0 aliphatic heterocycles. The molecule has 0 saturated carbocycles. The normalized spacial score (nSPS) is 11.8. The van der Waals surface area contributed by atoms with Gasteiger partial charge in [0, 0.05) is 25.4 Å². The van der Waals surface area contributed by atoms with Gasteiger partial charge in [0.15, 0.2) is 0 Å². The summed E-state index contributed by atoms with van der Waals surface area (Å²) in [5, 5.41) is 7.83. The van der Waals surface area contributed by atoms with Crippen molar-refractivity contribution in [2.75, 3.05) is 12.8 Å². The topological polar surface area (TPSA) is 68.9 Å². The Morgan fingerprint density at radius 2 is 1.87 bits per heavy atom. The first kappa shape index (κ1) is 24.2. The molecule has 162 valence electrons. The minimum absolute atomic E-state index is 0. The van der Waals surface area contributed by atoms with Gasteiger partial charge in [-0.15, -0.1) is 12.4 Å². The van der Waals surface area contributed by atoms with Crippen LogP contribution < -0.4 is 5.32 Å². The monoisotopic (exact) mass is 468 g/mol. The van der Waals surface area contributed by atoms with E-state index in [-0.39, 0.29) is 18.2 Å². The van der Waals surface area contributed by atoms with Gasteiger partial charge in [0.05, 0.1) is 17.1 Å². The maximum atomic E-state index is 13.2. The van der Waals surface area contributed by atoms with Gasteiger partial charge >= 0.3 is 0 Å². The van der Waals surface area contributed by atoms with Gasteiger partial charge in [-0.25, -0.2) is 12.4 Å². The first-order valence-corrected chi connectivity index (χ1v) is 11.2. The number of aromatic nitrogens is 3. The summed E-state index contributed by atoms with van der Waals surface area (Å²) >= 11 is 6.23. The molecule has 6 nitrogen and oxygen atoms in total. The molecule has 2 aromatic heterocycles. The van der Waals surface area contributed by atoms with E-state index in [2.05, 4.69) is 10.4 Å². The number of aryl methyl sites for hydroxylation is 2. The zero-order chi connectivity index (χ0) is 21.2. The van der Waals surface area contributed by atoms with Gasteiger partial charge in [-0.2, -0.15) is 5.10 Å². The molecule has 0 unspecified atom stereocenters. The van der Waals surface area contributed by atoms with Crippen molar-refractivity contribution in [3.05, 3.63) is 70.1 Å². The molecular weight excluding hydrogens is 443 g/mol. The maximum absolute atomic E-state index is 13.2. The second-order valence-corrected chi connectivity index (χ2v) is 9.16. The van der Waals surface area contributed by atoms with Crippen LogP contribution in [0.15, 0.2) is 42.6 Å². The molecular formula is C21H26Cl2N4O2S. The molecule has 0 saturated heterocycles. The van der Waals surface area contributed by atoms with E-state index in [0.29, 0.717) is 17.4 Å². The third-order valence-electron chi connectivity index (χ3n) is 4.83. The van der Waals surface area contributed by atoms with Crippen molar-refractivity contribution >= 4 is 40.1 Å². The van der Waals surface area contributed by atoms with Crippen molar-refractivity contribution in [2.24, 2.45) is 7.05 Å². The van der Waals surface area contributed by atoms with Crippen LogP contribution in [-0.2, 0) is 23.6 Å². The van der Waals surface area contributed by atoms with Crippen molar-refractivity contribution < 1.29 is 8.42 Å². The average molecular weight is 469 g/mol. The predicted molar refractivity (Wildman–Crippen MR) is 126 cm³/mol. The second kappa shape index (κ2) is 9.83. The number of hydrogen-bond acceptors (Lipinski definition) is 4. The molecule has 0 aliphatic carbocycles. The van der Waals surface area contributed by atoms with Crippen LogP contribution in [0.1, 0.15) is 22.4 Å². The lowest BCUT2D eigenvalue weighted by Crippen LogP contribution is -2.16. The SMILES string of the molecule is CNCc1cn(S(=O)(=O)CC=Cc2c(C)nn(C)c2Cl)c(-c2ccccc2)c1C.Cl. The predicted octanol–water partition coefficient (Wildman–Crippen LogP) is 4.19. The molecule has 3 aromatic rings. The summed E-state index contributed by atoms with van der Waals surface area (Å²) in [5.74, 6) is -0.148. The van der Waals surface area contributed by atoms with Gasteiger partial charge < -0.3 is 5.32 Å². The number of halogens is 2. The fourth-order valence-electron chi connectivity index (χ4n) is 3.35. The van der Waals surface area contributed by atoms with Gasteiger partial charge in [-0.3, -0.25) is 4.68 Å². The molecule has 0 fully saturated rings. The van der Waals surface area contributed by atoms with Gasteiger partial charge in [-0.1, -0.05) is 54.1 Å². The summed E-state index contributed by atoms with van der Waals surface area (Å²) in [6, 6.07) is 9.57. The first-order valence-electron chi connectivity index (χ1n) is 9.26. The highest BCUT2D eigenvalue weighted by Gasteiger charge is 2.22. The van der Waals surface area contributed by atoms with Crippen molar-refractivity contribution in [1.29, 1.82) is 0 Å². The van der Waals surface area contributed by atoms with Crippen LogP contribution in [0, 0.1) is 13.8 Å². The summed E-state index contributed by atoms with van der Waals surface area (Å²) < 4.78 is 29.4. The van der Waals surface area contributed by atoms with Crippen LogP contribution in [0.4, 0.5) is 0 Å². The molecule has 3 rings (SSSR count). The van der Waals surface area contributed by atoms with Gasteiger partial charge in [0.2, 0.25) is 10.0 Å². The fourth-order valence-corrected chi connectivity index (χ4v) is 4.90. The van der Waals surface area contributed by atoms with Crippen molar-refractivity contribution in [1.82, 2.24) is 19.1 Å². The summed E-state index contributed by atoms with van der Waals surface area (Å²) in [4.78, 5) is 0. The summed E-state index contributed by atoms with van der Waals surface area (Å²) in [6.45, 7) is 4.39. The molecule has 9 heteroatoms. The largest absolute Gasteiger partial charge is 0.316 e. The highest BCUT2D eigenvalue weighted by Crippen LogP contribution is 2.29. The maximum Gasteiger partial charge on any atom is 0.242 e. The van der Waals surface area contributed by atoms with E-state index in [1.165, 1.54) is 3.97 Å². The van der Waals surface area contributed by atoms with Crippen LogP contribution in [0.3, 0.4) is 0 Å². The van der Waals surface area contributed by atoms with Crippen LogP contribution in [0.5, 0.6) is 0 Å². The Labute approximate surface area is 189 Å². The standard InChI is InChI=1S/C21H25ClN4O2S.ClH/c1-15-18(13-23-3)14-26(20(15)17-9-6-5-7-10-17)29(27,28)12-8-11-19-16(2)24-25(4)21(19)22;/h5-11,14,23H,12-13H2,1-4H3;1H. The summed E-state index contributed by atoms with van der Waals surface area (Å²) in [6.07, 6.45) is 5.04. The number of benzene rings is 1. The van der Waals surface area contributed by atoms with Crippen LogP contribution in [-0.4, -0.2) is 35.0 Å². The highest BCUT2D eigenvalue weighted by molar-refractivity contribution is 7.90. The Balaban J connectivity index is 0.00000320. The highest BCUT2D eigenvalue weighted by atomic mass is 35.5. The zero-order valence-electron chi connectivity index (χ0n) is 17.4. The molecule has 0 amide bonds. The fraction of sp³-hybridized carbons (Fsp3) is 0.286. The molecule has 1 N–H and O–H groups in total. The Morgan fingerprint density at radius 3 is 2.43 bits per heavy atom. The van der Waals surface area contributed by atoms with E-state index in [9.17, 15) is 8.42 Å². The first-order chi connectivity index (χ1) is 13.8. The summed E-state index contributed by atoms with van der Waals surface area (Å²) in [7, 11) is -0.0214. The third kappa shape index (κ3) is 4.81. The van der Waals surface area contributed by atoms with E-state index in [4.69, 9.17) is 11.6 Å². The van der Waals surface area contributed by atoms with Crippen molar-refractivity contribution in [2.45, 2.75) is 20.4 Å². The van der Waals surface area contributed by atoms with E-state index < -0.39 is 10.0 Å². The van der Waals surface area contributed by atoms with Crippen LogP contribution in [0.25, 0.3) is 17.3 Å². The third-order valence-corrected chi connectivity index (χ3v) is 6.78. The van der Waals surface area contributed by atoms with Gasteiger partial charge in [0.25, 0.3) is 0 Å². The van der Waals surface area contributed by atoms with Crippen LogP contribution in [0.2, 0.25) is 5.15 Å². The molecule has 30 heavy (non-hydrogen) atoms. The number of rotatable bonds is 7. The van der Waals surface area contributed by atoms with E-state index in [1.54, 1.807) is 30.1 Å². The Morgan fingerprint density at radius 1 is 1.20 bits per heavy atom. The lowest BCUT2D eigenvalue weighted by atomic mass is 10.1. The lowest BCUT2D eigenvalue weighted by Gasteiger charge is -2.10. The quantitative estimate of drug-likeness (QED) is 0.564. The minimum atomic E-state index is -3.62. The Bertz CT molecular complexity index is 1150. The van der Waals surface area contributed by atoms with Gasteiger partial charge in [-0.05, 0) is 37.6 Å². The molecule has 0 atom stereocenters. The Kier molecular flexibility index (Phi) is 7.93. The minimum Gasteiger partial charge on any atom is -0.316 e. The Hall–Kier alpha value is -2.06. The van der Waals surface area contributed by atoms with E-state index in [0.717, 1.165) is 27.9 Å². The smallest absolute Gasteiger partial charge is 0.242 e. The molecule has 0 bridgehead atoms. The molecule has 0 aliphatic rings. The van der Waals surface area contributed by atoms with Crippen molar-refractivity contribution in [3.8, 4) is 11.3 Å². The van der Waals surface area contributed by atoms with E-state index >= 15 is 0 Å². The second-order valence-electron chi connectivity index (χ2n) is 6.91. The molecule has 0 spiro atoms. The van der Waals surface area contributed by atoms with E-state index in [1.807, 2.05) is 51.2 Å².